The second-order valence-electron chi connectivity index (χ2n) is 39.2. The van der Waals surface area contributed by atoms with E-state index in [-0.39, 0.29) is 87.9 Å². The molecule has 5 amide bonds. The van der Waals surface area contributed by atoms with Gasteiger partial charge < -0.3 is 64.7 Å². The molecule has 4 N–H and O–H groups in total. The number of aromatic nitrogens is 4. The predicted octanol–water partition coefficient (Wildman–Crippen LogP) is 20.2. The van der Waals surface area contributed by atoms with Crippen LogP contribution in [0.3, 0.4) is 0 Å². The molecular formula is C114H122F3N13O12S2. The van der Waals surface area contributed by atoms with E-state index in [2.05, 4.69) is 102 Å². The van der Waals surface area contributed by atoms with Crippen LogP contribution in [0.25, 0.3) is 44.8 Å². The molecule has 144 heavy (non-hydrogen) atoms. The minimum Gasteiger partial charge on any atom is -0.486 e. The predicted molar refractivity (Wildman–Crippen MR) is 550 cm³/mol. The van der Waals surface area contributed by atoms with Crippen LogP contribution in [0.1, 0.15) is 241 Å². The number of nitrogens with one attached hydrogen (secondary N) is 4. The van der Waals surface area contributed by atoms with Gasteiger partial charge in [-0.2, -0.15) is 0 Å². The Bertz CT molecular complexity index is 6650. The Morgan fingerprint density at radius 3 is 1.38 bits per heavy atom. The van der Waals surface area contributed by atoms with Gasteiger partial charge in [0.15, 0.2) is 23.1 Å². The number of Topliss-reactive ketones (excluding diaryl/α,β-unsaturated/α-hetero) is 3. The van der Waals surface area contributed by atoms with E-state index in [4.69, 9.17) is 18.9 Å². The Morgan fingerprint density at radius 1 is 0.410 bits per heavy atom. The molecule has 4 fully saturated rings. The number of piperidine rings is 4. The minimum absolute atomic E-state index is 0.00420. The molecule has 30 heteroatoms. The van der Waals surface area contributed by atoms with Gasteiger partial charge in [0.05, 0.1) is 88.3 Å². The van der Waals surface area contributed by atoms with Crippen molar-refractivity contribution in [3.8, 4) is 67.8 Å². The van der Waals surface area contributed by atoms with E-state index in [9.17, 15) is 47.1 Å². The fraction of sp³-hybridized carbons (Fsp3) is 0.368. The standard InChI is InChI=1S/C30H31F2N3O3.C30H32FN3O3.C28H31N3O3S.C26H28N4O3S/c1-18(2)35-10-8-30(9-11-35)15-27(36)24-13-21(5-7-28(24)38-30)23-6-4-22(14-26(23)32)29(37)34-17-20-12-25(31)19(3)33-16-20;1-20(2)34-15-13-30(14-16-34)33(3)29(36)26-18-24(11-12-27(26)37-30)22-7-9-23(10-8-22)28(35)32-19-21-5-4-6-25(31)17-21;1-2-3-12-31-13-10-28(11-14-31)17-25(32)23-16-20(7-9-26(23)34-28)24-8-6-21(18-29-24)27(33)30-19-22-5-4-15-35-22;1-2-9-30-10-7-26(8-11-30)13-23(31)21-12-18(4-6-24(21)33-26)22-5-3-19(14-28-22)25(32)29-16-20-15-27-17-34-20/h4-7,12-14,16,18H,8-11,15,17H2,1-3H3,(H,34,37);4-12,17-18,20H,13-16,19H2,1-3H3,(H,32,35);4-9,15-16,18H,2-3,10-14,17,19H2,1H3,(H,30,33);3-6,12,14-15,17H,2,7-11,13,16H2,1H3,(H,29,32). The third-order valence-corrected chi connectivity index (χ3v) is 30.5. The molecule has 8 aliphatic rings. The summed E-state index contributed by atoms with van der Waals surface area (Å²) >= 11 is 3.11. The van der Waals surface area contributed by atoms with E-state index in [0.717, 1.165) is 167 Å². The van der Waals surface area contributed by atoms with E-state index in [1.165, 1.54) is 60.7 Å². The fourth-order valence-corrected chi connectivity index (χ4v) is 21.2. The molecule has 7 aromatic carbocycles. The summed E-state index contributed by atoms with van der Waals surface area (Å²) in [5.74, 6) is 0.329. The van der Waals surface area contributed by atoms with Crippen LogP contribution in [-0.4, -0.2) is 198 Å². The van der Waals surface area contributed by atoms with Crippen molar-refractivity contribution in [3.05, 3.63) is 306 Å². The highest BCUT2D eigenvalue weighted by Crippen LogP contribution is 2.47. The average molecular weight is 1990 g/mol. The lowest BCUT2D eigenvalue weighted by atomic mass is 9.81. The molecular weight excluding hydrogens is 1860 g/mol. The van der Waals surface area contributed by atoms with Gasteiger partial charge in [-0.25, -0.2) is 13.2 Å². The average Bonchev–Trinajstić information content (AvgIpc) is 0.833. The maximum Gasteiger partial charge on any atom is 0.260 e. The summed E-state index contributed by atoms with van der Waals surface area (Å²) < 4.78 is 67.9. The number of rotatable bonds is 23. The van der Waals surface area contributed by atoms with Gasteiger partial charge in [0.25, 0.3) is 29.5 Å². The largest absolute Gasteiger partial charge is 0.486 e. The van der Waals surface area contributed by atoms with Gasteiger partial charge in [-0.1, -0.05) is 68.8 Å². The quantitative estimate of drug-likeness (QED) is 0.0463. The maximum absolute atomic E-state index is 15.1. The number of carbonyl (C=O) groups excluding carboxylic acids is 8. The third kappa shape index (κ3) is 24.1. The molecule has 748 valence electrons. The molecule has 0 unspecified atom stereocenters. The highest BCUT2D eigenvalue weighted by atomic mass is 32.1. The number of benzene rings is 7. The lowest BCUT2D eigenvalue weighted by Gasteiger charge is -2.50. The van der Waals surface area contributed by atoms with Crippen LogP contribution in [0.4, 0.5) is 13.2 Å². The number of aryl methyl sites for hydroxylation is 1. The molecule has 0 radical (unpaired) electrons. The van der Waals surface area contributed by atoms with Crippen LogP contribution in [0.5, 0.6) is 23.0 Å². The van der Waals surface area contributed by atoms with Crippen molar-refractivity contribution >= 4 is 69.6 Å². The molecule has 25 nitrogen and oxygen atoms in total. The summed E-state index contributed by atoms with van der Waals surface area (Å²) in [4.78, 5) is 133. The Hall–Kier alpha value is -13.5. The number of thiophene rings is 1. The number of likely N-dealkylation sites (tertiary alicyclic amines) is 4. The first kappa shape index (κ1) is 102. The van der Waals surface area contributed by atoms with Crippen molar-refractivity contribution in [2.75, 3.05) is 72.5 Å². The van der Waals surface area contributed by atoms with Crippen LogP contribution in [-0.2, 0) is 26.2 Å². The molecule has 20 rings (SSSR count). The number of thiazole rings is 1. The number of ketones is 3. The van der Waals surface area contributed by atoms with Gasteiger partial charge in [0.2, 0.25) is 0 Å². The van der Waals surface area contributed by atoms with E-state index >= 15 is 4.39 Å². The molecule has 4 saturated heterocycles. The summed E-state index contributed by atoms with van der Waals surface area (Å²) in [6.45, 7) is 25.7. The fourth-order valence-electron chi connectivity index (χ4n) is 20.0. The number of hydrogen-bond donors (Lipinski definition) is 4. The van der Waals surface area contributed by atoms with E-state index in [0.29, 0.717) is 129 Å². The lowest BCUT2D eigenvalue weighted by Crippen LogP contribution is -2.62. The maximum atomic E-state index is 15.1. The summed E-state index contributed by atoms with van der Waals surface area (Å²) in [6, 6.07) is 53.2. The zero-order valence-corrected chi connectivity index (χ0v) is 84.2. The lowest BCUT2D eigenvalue weighted by molar-refractivity contribution is -0.104. The van der Waals surface area contributed by atoms with Crippen molar-refractivity contribution in [1.82, 2.24) is 65.7 Å². The second-order valence-corrected chi connectivity index (χ2v) is 41.2. The first-order valence-electron chi connectivity index (χ1n) is 49.8. The second kappa shape index (κ2) is 45.2. The minimum atomic E-state index is -0.600. The topological polar surface area (TPSA) is 289 Å². The number of carbonyl (C=O) groups is 8. The number of hydrogen-bond acceptors (Lipinski definition) is 22. The summed E-state index contributed by atoms with van der Waals surface area (Å²) in [6.07, 6.45) is 17.8. The number of unbranched alkanes of at least 4 members (excludes halogenated alkanes) is 1. The highest BCUT2D eigenvalue weighted by molar-refractivity contribution is 7.10. The van der Waals surface area contributed by atoms with Crippen molar-refractivity contribution < 1.29 is 70.5 Å². The monoisotopic (exact) mass is 1990 g/mol. The third-order valence-electron chi connectivity index (χ3n) is 28.8. The zero-order valence-electron chi connectivity index (χ0n) is 82.6. The number of halogens is 3. The van der Waals surface area contributed by atoms with Gasteiger partial charge >= 0.3 is 0 Å². The summed E-state index contributed by atoms with van der Waals surface area (Å²) in [7, 11) is 1.83. The number of amides is 5. The first-order valence-corrected chi connectivity index (χ1v) is 51.6. The van der Waals surface area contributed by atoms with Gasteiger partial charge in [0.1, 0.15) is 57.3 Å². The van der Waals surface area contributed by atoms with Gasteiger partial charge in [-0.05, 0) is 227 Å². The Morgan fingerprint density at radius 2 is 0.882 bits per heavy atom. The molecule has 0 atom stereocenters. The molecule has 4 spiro atoms. The summed E-state index contributed by atoms with van der Waals surface area (Å²) in [5, 5.41) is 13.2. The van der Waals surface area contributed by atoms with Crippen LogP contribution in [0.2, 0.25) is 0 Å². The Kier molecular flexibility index (Phi) is 32.0. The van der Waals surface area contributed by atoms with Crippen molar-refractivity contribution in [3.63, 3.8) is 0 Å². The van der Waals surface area contributed by atoms with Crippen molar-refractivity contribution in [1.29, 1.82) is 0 Å². The molecule has 0 aliphatic carbocycles. The van der Waals surface area contributed by atoms with Gasteiger partial charge in [0, 0.05) is 198 Å². The first-order chi connectivity index (χ1) is 69.5. The number of fused-ring (bicyclic) bond motifs is 4. The smallest absolute Gasteiger partial charge is 0.260 e. The highest BCUT2D eigenvalue weighted by Gasteiger charge is 2.50. The summed E-state index contributed by atoms with van der Waals surface area (Å²) in [5.41, 5.74) is 11.0. The normalized spacial score (nSPS) is 17.0. The molecule has 13 heterocycles. The van der Waals surface area contributed by atoms with Crippen LogP contribution < -0.4 is 40.2 Å². The number of pyridine rings is 3. The molecule has 5 aromatic heterocycles. The van der Waals surface area contributed by atoms with Crippen molar-refractivity contribution in [2.24, 2.45) is 0 Å². The van der Waals surface area contributed by atoms with E-state index < -0.39 is 28.9 Å². The molecule has 0 saturated carbocycles. The SMILES string of the molecule is CC(C)N1CCC2(CC1)Oc1ccc(-c3ccc(C(=O)NCc4cccc(F)c4)cc3)cc1C(=O)N2C.CCCCN1CCC2(CC1)CC(=O)c1cc(-c3ccc(C(=O)NCc4cccs4)cn3)ccc1O2.CCCN1CCC2(CC1)CC(=O)c1cc(-c3ccc(C(=O)NCc4cncs4)cn3)ccc1O2.Cc1ncc(CNC(=O)c2ccc(-c3ccc4c(c3)C(=O)CC3(CCN(C(C)C)CC3)O4)c(F)c2)cc1F. The molecule has 8 aliphatic heterocycles. The Labute approximate surface area is 846 Å². The van der Waals surface area contributed by atoms with Crippen LogP contribution in [0, 0.1) is 24.4 Å². The van der Waals surface area contributed by atoms with Crippen LogP contribution in [0.15, 0.2) is 218 Å². The zero-order chi connectivity index (χ0) is 101. The van der Waals surface area contributed by atoms with Gasteiger partial charge in [-0.3, -0.25) is 58.3 Å². The number of ether oxygens (including phenoxy) is 4. The number of nitrogens with zero attached hydrogens (tertiary/aromatic N) is 9. The molecule has 12 aromatic rings. The van der Waals surface area contributed by atoms with E-state index in [1.807, 2.05) is 103 Å². The van der Waals surface area contributed by atoms with E-state index in [1.54, 1.807) is 102 Å². The van der Waals surface area contributed by atoms with Crippen LogP contribution >= 0.6 is 22.7 Å². The Balaban J connectivity index is 0.000000132. The van der Waals surface area contributed by atoms with Crippen molar-refractivity contribution in [2.45, 2.75) is 199 Å². The molecule has 0 bridgehead atoms. The van der Waals surface area contributed by atoms with Gasteiger partial charge in [-0.15, -0.1) is 22.7 Å².